The quantitative estimate of drug-likeness (QED) is 0.875. The minimum absolute atomic E-state index is 0.853. The summed E-state index contributed by atoms with van der Waals surface area (Å²) in [6, 6.07) is 4.70. The van der Waals surface area contributed by atoms with E-state index in [0.29, 0.717) is 0 Å². The molecule has 1 saturated heterocycles. The number of hydrogen-bond acceptors (Lipinski definition) is 2. The molecule has 1 aliphatic rings. The molecule has 2 heteroatoms. The molecule has 1 aliphatic heterocycles. The molecule has 1 heterocycles. The van der Waals surface area contributed by atoms with E-state index in [4.69, 9.17) is 0 Å². The van der Waals surface area contributed by atoms with Gasteiger partial charge in [-0.05, 0) is 81.9 Å². The fourth-order valence-corrected chi connectivity index (χ4v) is 3.00. The summed E-state index contributed by atoms with van der Waals surface area (Å²) in [6.07, 6.45) is 2.51. The van der Waals surface area contributed by atoms with Crippen molar-refractivity contribution in [3.8, 4) is 0 Å². The van der Waals surface area contributed by atoms with Crippen LogP contribution in [0.15, 0.2) is 12.1 Å². The molecule has 1 atom stereocenters. The van der Waals surface area contributed by atoms with Crippen molar-refractivity contribution < 1.29 is 0 Å². The summed E-state index contributed by atoms with van der Waals surface area (Å²) >= 11 is 0. The van der Waals surface area contributed by atoms with Gasteiger partial charge in [-0.2, -0.15) is 0 Å². The van der Waals surface area contributed by atoms with E-state index in [2.05, 4.69) is 50.2 Å². The summed E-state index contributed by atoms with van der Waals surface area (Å²) < 4.78 is 0. The maximum absolute atomic E-state index is 3.45. The summed E-state index contributed by atoms with van der Waals surface area (Å²) in [4.78, 5) is 2.49. The van der Waals surface area contributed by atoms with Crippen LogP contribution in [-0.4, -0.2) is 38.1 Å². The zero-order chi connectivity index (χ0) is 13.8. The van der Waals surface area contributed by atoms with Crippen LogP contribution in [0.1, 0.15) is 28.7 Å². The highest BCUT2D eigenvalue weighted by Crippen LogP contribution is 2.16. The van der Waals surface area contributed by atoms with Gasteiger partial charge < -0.3 is 10.2 Å². The zero-order valence-electron chi connectivity index (χ0n) is 12.9. The SMILES string of the molecule is Cc1cc(C)c(CCN(C)CC2CCNC2)cc1C. The smallest absolute Gasteiger partial charge is 0.00193 e. The Balaban J connectivity index is 1.85. The Labute approximate surface area is 118 Å². The predicted molar refractivity (Wildman–Crippen MR) is 82.8 cm³/mol. The average molecular weight is 260 g/mol. The van der Waals surface area contributed by atoms with Crippen LogP contribution >= 0.6 is 0 Å². The molecule has 0 aromatic heterocycles. The lowest BCUT2D eigenvalue weighted by Crippen LogP contribution is -2.29. The summed E-state index contributed by atoms with van der Waals surface area (Å²) in [5.74, 6) is 0.853. The van der Waals surface area contributed by atoms with Crippen LogP contribution in [0.2, 0.25) is 0 Å². The van der Waals surface area contributed by atoms with Gasteiger partial charge in [-0.3, -0.25) is 0 Å². The number of rotatable bonds is 5. The summed E-state index contributed by atoms with van der Waals surface area (Å²) in [5.41, 5.74) is 5.79. The Hall–Kier alpha value is -0.860. The lowest BCUT2D eigenvalue weighted by Gasteiger charge is -2.21. The molecular weight excluding hydrogens is 232 g/mol. The van der Waals surface area contributed by atoms with Crippen LogP contribution in [0, 0.1) is 26.7 Å². The van der Waals surface area contributed by atoms with Crippen LogP contribution in [0.25, 0.3) is 0 Å². The first-order valence-electron chi connectivity index (χ1n) is 7.52. The third-order valence-electron chi connectivity index (χ3n) is 4.45. The Morgan fingerprint density at radius 3 is 2.58 bits per heavy atom. The number of benzene rings is 1. The Morgan fingerprint density at radius 2 is 1.89 bits per heavy atom. The summed E-state index contributed by atoms with van der Waals surface area (Å²) in [6.45, 7) is 11.5. The number of aryl methyl sites for hydroxylation is 3. The second kappa shape index (κ2) is 6.53. The monoisotopic (exact) mass is 260 g/mol. The van der Waals surface area contributed by atoms with Crippen molar-refractivity contribution in [2.75, 3.05) is 33.2 Å². The van der Waals surface area contributed by atoms with Crippen LogP contribution in [0.4, 0.5) is 0 Å². The maximum Gasteiger partial charge on any atom is 0.00193 e. The third kappa shape index (κ3) is 4.05. The lowest BCUT2D eigenvalue weighted by molar-refractivity contribution is 0.288. The standard InChI is InChI=1S/C17H28N2/c1-13-9-15(3)17(10-14(13)2)6-8-19(4)12-16-5-7-18-11-16/h9-10,16,18H,5-8,11-12H2,1-4H3. The first-order valence-corrected chi connectivity index (χ1v) is 7.52. The topological polar surface area (TPSA) is 15.3 Å². The third-order valence-corrected chi connectivity index (χ3v) is 4.45. The minimum atomic E-state index is 0.853. The van der Waals surface area contributed by atoms with Gasteiger partial charge in [0.15, 0.2) is 0 Å². The summed E-state index contributed by atoms with van der Waals surface area (Å²) in [7, 11) is 2.26. The van der Waals surface area contributed by atoms with Gasteiger partial charge in [-0.25, -0.2) is 0 Å². The van der Waals surface area contributed by atoms with E-state index in [1.807, 2.05) is 0 Å². The number of hydrogen-bond donors (Lipinski definition) is 1. The molecule has 0 saturated carbocycles. The normalized spacial score (nSPS) is 19.3. The van der Waals surface area contributed by atoms with Gasteiger partial charge >= 0.3 is 0 Å². The van der Waals surface area contributed by atoms with Crippen molar-refractivity contribution in [1.29, 1.82) is 0 Å². The molecule has 0 radical (unpaired) electrons. The second-order valence-corrected chi connectivity index (χ2v) is 6.23. The van der Waals surface area contributed by atoms with E-state index in [9.17, 15) is 0 Å². The van der Waals surface area contributed by atoms with Gasteiger partial charge in [0.1, 0.15) is 0 Å². The van der Waals surface area contributed by atoms with E-state index >= 15 is 0 Å². The van der Waals surface area contributed by atoms with Gasteiger partial charge in [-0.15, -0.1) is 0 Å². The lowest BCUT2D eigenvalue weighted by atomic mass is 9.98. The summed E-state index contributed by atoms with van der Waals surface area (Å²) in [5, 5.41) is 3.45. The van der Waals surface area contributed by atoms with E-state index in [0.717, 1.165) is 5.92 Å². The molecule has 1 unspecified atom stereocenters. The molecule has 106 valence electrons. The van der Waals surface area contributed by atoms with Crippen molar-refractivity contribution in [2.45, 2.75) is 33.6 Å². The van der Waals surface area contributed by atoms with E-state index < -0.39 is 0 Å². The molecule has 0 amide bonds. The molecule has 0 bridgehead atoms. The van der Waals surface area contributed by atoms with Crippen LogP contribution in [0.3, 0.4) is 0 Å². The molecule has 0 spiro atoms. The van der Waals surface area contributed by atoms with Crippen LogP contribution < -0.4 is 5.32 Å². The number of likely N-dealkylation sites (N-methyl/N-ethyl adjacent to an activating group) is 1. The van der Waals surface area contributed by atoms with Crippen molar-refractivity contribution >= 4 is 0 Å². The Morgan fingerprint density at radius 1 is 1.16 bits per heavy atom. The molecule has 0 aliphatic carbocycles. The van der Waals surface area contributed by atoms with Crippen molar-refractivity contribution in [1.82, 2.24) is 10.2 Å². The van der Waals surface area contributed by atoms with Gasteiger partial charge in [-0.1, -0.05) is 12.1 Å². The fraction of sp³-hybridized carbons (Fsp3) is 0.647. The minimum Gasteiger partial charge on any atom is -0.316 e. The molecule has 2 nitrogen and oxygen atoms in total. The largest absolute Gasteiger partial charge is 0.316 e. The van der Waals surface area contributed by atoms with Crippen LogP contribution in [-0.2, 0) is 6.42 Å². The number of nitrogens with one attached hydrogen (secondary N) is 1. The molecular formula is C17H28N2. The van der Waals surface area contributed by atoms with Gasteiger partial charge in [0, 0.05) is 13.1 Å². The van der Waals surface area contributed by atoms with Crippen molar-refractivity contribution in [3.05, 3.63) is 34.4 Å². The molecule has 1 aromatic carbocycles. The van der Waals surface area contributed by atoms with E-state index in [1.165, 1.54) is 61.3 Å². The second-order valence-electron chi connectivity index (χ2n) is 6.23. The van der Waals surface area contributed by atoms with Crippen molar-refractivity contribution in [3.63, 3.8) is 0 Å². The highest BCUT2D eigenvalue weighted by Gasteiger charge is 2.16. The first-order chi connectivity index (χ1) is 9.06. The number of nitrogens with zero attached hydrogens (tertiary/aromatic N) is 1. The van der Waals surface area contributed by atoms with Gasteiger partial charge in [0.25, 0.3) is 0 Å². The first kappa shape index (κ1) is 14.5. The fourth-order valence-electron chi connectivity index (χ4n) is 3.00. The van der Waals surface area contributed by atoms with Gasteiger partial charge in [0.05, 0.1) is 0 Å². The Kier molecular flexibility index (Phi) is 5.00. The Bertz CT molecular complexity index is 420. The molecule has 19 heavy (non-hydrogen) atoms. The van der Waals surface area contributed by atoms with Crippen LogP contribution in [0.5, 0.6) is 0 Å². The zero-order valence-corrected chi connectivity index (χ0v) is 12.9. The van der Waals surface area contributed by atoms with E-state index in [-0.39, 0.29) is 0 Å². The van der Waals surface area contributed by atoms with Gasteiger partial charge in [0.2, 0.25) is 0 Å². The molecule has 1 aromatic rings. The highest BCUT2D eigenvalue weighted by atomic mass is 15.1. The highest BCUT2D eigenvalue weighted by molar-refractivity contribution is 5.36. The predicted octanol–water partition coefficient (Wildman–Crippen LogP) is 2.70. The van der Waals surface area contributed by atoms with Crippen molar-refractivity contribution in [2.24, 2.45) is 5.92 Å². The van der Waals surface area contributed by atoms with E-state index in [1.54, 1.807) is 0 Å². The molecule has 1 N–H and O–H groups in total. The molecule has 1 fully saturated rings. The maximum atomic E-state index is 3.45. The molecule has 2 rings (SSSR count). The average Bonchev–Trinajstić information content (AvgIpc) is 2.85.